The van der Waals surface area contributed by atoms with E-state index in [4.69, 9.17) is 14.6 Å². The number of aliphatic hydroxyl groups is 3. The normalized spacial score (nSPS) is 31.6. The van der Waals surface area contributed by atoms with Crippen LogP contribution in [0.4, 0.5) is 0 Å². The molecule has 0 amide bonds. The fraction of sp³-hybridized carbons (Fsp3) is 0.600. The van der Waals surface area contributed by atoms with E-state index in [9.17, 15) is 15.0 Å². The summed E-state index contributed by atoms with van der Waals surface area (Å²) >= 11 is 0. The Morgan fingerprint density at radius 3 is 2.72 bits per heavy atom. The van der Waals surface area contributed by atoms with Crippen LogP contribution in [0.5, 0.6) is 5.75 Å². The molecule has 8 heteroatoms. The van der Waals surface area contributed by atoms with Gasteiger partial charge in [-0.3, -0.25) is 4.79 Å². The van der Waals surface area contributed by atoms with Crippen molar-refractivity contribution in [3.8, 4) is 5.75 Å². The molecule has 1 aromatic rings. The molecule has 100 valence electrons. The van der Waals surface area contributed by atoms with Crippen LogP contribution in [0.25, 0.3) is 0 Å². The van der Waals surface area contributed by atoms with E-state index in [0.29, 0.717) is 0 Å². The molecule has 0 bridgehead atoms. The van der Waals surface area contributed by atoms with Crippen molar-refractivity contribution in [3.05, 3.63) is 22.6 Å². The van der Waals surface area contributed by atoms with Gasteiger partial charge < -0.3 is 24.8 Å². The molecule has 1 aliphatic rings. The molecule has 1 fully saturated rings. The first-order valence-corrected chi connectivity index (χ1v) is 5.33. The van der Waals surface area contributed by atoms with Crippen molar-refractivity contribution in [1.29, 1.82) is 0 Å². The first-order valence-electron chi connectivity index (χ1n) is 5.33. The molecule has 18 heavy (non-hydrogen) atoms. The lowest BCUT2D eigenvalue weighted by Crippen LogP contribution is -2.36. The summed E-state index contributed by atoms with van der Waals surface area (Å²) < 4.78 is 10.9. The molecule has 4 atom stereocenters. The summed E-state index contributed by atoms with van der Waals surface area (Å²) in [6.45, 7) is -0.459. The van der Waals surface area contributed by atoms with Gasteiger partial charge in [-0.15, -0.1) is 0 Å². The number of aliphatic hydroxyl groups excluding tert-OH is 3. The van der Waals surface area contributed by atoms with E-state index in [1.807, 2.05) is 0 Å². The Hall–Kier alpha value is -1.48. The second-order valence-electron chi connectivity index (χ2n) is 3.91. The van der Waals surface area contributed by atoms with Gasteiger partial charge in [0.15, 0.2) is 6.23 Å². The quantitative estimate of drug-likeness (QED) is 0.567. The summed E-state index contributed by atoms with van der Waals surface area (Å²) in [4.78, 5) is 11.7. The number of ether oxygens (including phenoxy) is 2. The lowest BCUT2D eigenvalue weighted by Gasteiger charge is -2.16. The molecule has 0 unspecified atom stereocenters. The fourth-order valence-corrected chi connectivity index (χ4v) is 1.79. The van der Waals surface area contributed by atoms with E-state index in [2.05, 4.69) is 5.10 Å². The summed E-state index contributed by atoms with van der Waals surface area (Å²) in [6.07, 6.45) is -3.39. The van der Waals surface area contributed by atoms with E-state index >= 15 is 0 Å². The van der Waals surface area contributed by atoms with Crippen molar-refractivity contribution in [2.24, 2.45) is 0 Å². The van der Waals surface area contributed by atoms with E-state index in [1.165, 1.54) is 19.4 Å². The summed E-state index contributed by atoms with van der Waals surface area (Å²) in [5.74, 6) is 0.281. The van der Waals surface area contributed by atoms with Gasteiger partial charge in [0.05, 0.1) is 19.9 Å². The number of methoxy groups -OCH3 is 1. The molecule has 0 spiro atoms. The third-order valence-electron chi connectivity index (χ3n) is 2.79. The monoisotopic (exact) mass is 258 g/mol. The lowest BCUT2D eigenvalue weighted by atomic mass is 10.1. The topological polar surface area (TPSA) is 114 Å². The molecule has 1 saturated heterocycles. The van der Waals surface area contributed by atoms with Gasteiger partial charge in [0.2, 0.25) is 0 Å². The van der Waals surface area contributed by atoms with Crippen LogP contribution in [0, 0.1) is 0 Å². The zero-order chi connectivity index (χ0) is 13.3. The summed E-state index contributed by atoms with van der Waals surface area (Å²) in [5, 5.41) is 32.1. The van der Waals surface area contributed by atoms with Gasteiger partial charge in [-0.05, 0) is 0 Å². The van der Waals surface area contributed by atoms with Crippen molar-refractivity contribution in [3.63, 3.8) is 0 Å². The second-order valence-corrected chi connectivity index (χ2v) is 3.91. The molecular formula is C10H14N2O6. The smallest absolute Gasteiger partial charge is 0.272 e. The zero-order valence-electron chi connectivity index (χ0n) is 9.63. The predicted molar refractivity (Wildman–Crippen MR) is 58.1 cm³/mol. The maximum absolute atomic E-state index is 11.7. The molecule has 2 heterocycles. The second kappa shape index (κ2) is 5.02. The highest BCUT2D eigenvalue weighted by Crippen LogP contribution is 2.27. The lowest BCUT2D eigenvalue weighted by molar-refractivity contribution is -0.0611. The average molecular weight is 258 g/mol. The van der Waals surface area contributed by atoms with Crippen LogP contribution in [0.1, 0.15) is 6.23 Å². The van der Waals surface area contributed by atoms with Gasteiger partial charge in [-0.1, -0.05) is 0 Å². The molecule has 0 aromatic carbocycles. The van der Waals surface area contributed by atoms with Crippen molar-refractivity contribution in [2.75, 3.05) is 13.7 Å². The number of nitrogens with zero attached hydrogens (tertiary/aromatic N) is 2. The maximum Gasteiger partial charge on any atom is 0.272 e. The van der Waals surface area contributed by atoms with E-state index < -0.39 is 36.7 Å². The molecule has 1 aromatic heterocycles. The Kier molecular flexibility index (Phi) is 3.62. The molecule has 0 aliphatic carbocycles. The van der Waals surface area contributed by atoms with E-state index in [1.54, 1.807) is 0 Å². The summed E-state index contributed by atoms with van der Waals surface area (Å²) in [5.41, 5.74) is -0.538. The number of hydrogen-bond acceptors (Lipinski definition) is 7. The van der Waals surface area contributed by atoms with Gasteiger partial charge in [0.25, 0.3) is 5.56 Å². The SMILES string of the molecule is COc1cnn([C@@H]2O[C@H](CO)[C@@H](O)[C@H]2O)c(=O)c1. The van der Waals surface area contributed by atoms with E-state index in [-0.39, 0.29) is 5.75 Å². The van der Waals surface area contributed by atoms with Crippen LogP contribution < -0.4 is 10.3 Å². The Balaban J connectivity index is 2.30. The highest BCUT2D eigenvalue weighted by molar-refractivity contribution is 5.13. The number of hydrogen-bond donors (Lipinski definition) is 3. The van der Waals surface area contributed by atoms with Crippen molar-refractivity contribution in [2.45, 2.75) is 24.5 Å². The third kappa shape index (κ3) is 2.10. The largest absolute Gasteiger partial charge is 0.495 e. The van der Waals surface area contributed by atoms with Crippen LogP contribution in [0.15, 0.2) is 17.1 Å². The van der Waals surface area contributed by atoms with Crippen molar-refractivity contribution >= 4 is 0 Å². The fourth-order valence-electron chi connectivity index (χ4n) is 1.79. The van der Waals surface area contributed by atoms with Crippen LogP contribution in [0.2, 0.25) is 0 Å². The first kappa shape index (κ1) is 13.0. The number of rotatable bonds is 3. The molecule has 0 radical (unpaired) electrons. The highest BCUT2D eigenvalue weighted by atomic mass is 16.6. The minimum atomic E-state index is -1.33. The van der Waals surface area contributed by atoms with E-state index in [0.717, 1.165) is 4.68 Å². The maximum atomic E-state index is 11.7. The minimum Gasteiger partial charge on any atom is -0.495 e. The van der Waals surface area contributed by atoms with Gasteiger partial charge in [0, 0.05) is 6.07 Å². The Morgan fingerprint density at radius 1 is 1.50 bits per heavy atom. The molecule has 3 N–H and O–H groups in total. The third-order valence-corrected chi connectivity index (χ3v) is 2.79. The molecule has 8 nitrogen and oxygen atoms in total. The molecule has 2 rings (SSSR count). The standard InChI is InChI=1S/C10H14N2O6/c1-17-5-2-7(14)12(11-3-5)10-9(16)8(15)6(4-13)18-10/h2-3,6,8-10,13,15-16H,4H2,1H3/t6-,8-,9-,10-/m1/s1. The minimum absolute atomic E-state index is 0.281. The van der Waals surface area contributed by atoms with Crippen LogP contribution in [-0.2, 0) is 4.74 Å². The Bertz CT molecular complexity index is 476. The first-order chi connectivity index (χ1) is 8.58. The summed E-state index contributed by atoms with van der Waals surface area (Å²) in [7, 11) is 1.40. The molecule has 1 aliphatic heterocycles. The predicted octanol–water partition coefficient (Wildman–Crippen LogP) is -2.14. The zero-order valence-corrected chi connectivity index (χ0v) is 9.63. The van der Waals surface area contributed by atoms with Gasteiger partial charge in [-0.25, -0.2) is 0 Å². The highest BCUT2D eigenvalue weighted by Gasteiger charge is 2.44. The Morgan fingerprint density at radius 2 is 2.22 bits per heavy atom. The van der Waals surface area contributed by atoms with Crippen molar-refractivity contribution in [1.82, 2.24) is 9.78 Å². The van der Waals surface area contributed by atoms with Gasteiger partial charge >= 0.3 is 0 Å². The molecule has 0 saturated carbocycles. The number of aromatic nitrogens is 2. The van der Waals surface area contributed by atoms with Gasteiger partial charge in [0.1, 0.15) is 24.1 Å². The van der Waals surface area contributed by atoms with Crippen molar-refractivity contribution < 1.29 is 24.8 Å². The summed E-state index contributed by atoms with van der Waals surface area (Å²) in [6, 6.07) is 1.18. The van der Waals surface area contributed by atoms with Crippen LogP contribution in [0.3, 0.4) is 0 Å². The van der Waals surface area contributed by atoms with Crippen LogP contribution in [-0.4, -0.2) is 57.1 Å². The molecular weight excluding hydrogens is 244 g/mol. The van der Waals surface area contributed by atoms with Crippen LogP contribution >= 0.6 is 0 Å². The average Bonchev–Trinajstić information content (AvgIpc) is 2.66. The van der Waals surface area contributed by atoms with Gasteiger partial charge in [-0.2, -0.15) is 9.78 Å². The Labute approximate surface area is 102 Å².